The lowest BCUT2D eigenvalue weighted by Crippen LogP contribution is -2.33. The van der Waals surface area contributed by atoms with Gasteiger partial charge in [0.25, 0.3) is 0 Å². The van der Waals surface area contributed by atoms with Crippen LogP contribution in [0.3, 0.4) is 0 Å². The minimum absolute atomic E-state index is 0.0706. The van der Waals surface area contributed by atoms with Gasteiger partial charge < -0.3 is 15.5 Å². The standard InChI is InChI=1S/C11H17N3O/c1-7-3-6-10(15-7)8(2)13-11(12)14-9-4-5-9/h3,6,8-9H,4-5H2,1-2H3,(H3,12,13,14). The Morgan fingerprint density at radius 1 is 1.60 bits per heavy atom. The van der Waals surface area contributed by atoms with Gasteiger partial charge in [0.15, 0.2) is 5.96 Å². The van der Waals surface area contributed by atoms with E-state index in [1.54, 1.807) is 0 Å². The lowest BCUT2D eigenvalue weighted by atomic mass is 10.2. The molecular weight excluding hydrogens is 190 g/mol. The molecule has 1 aliphatic rings. The predicted octanol–water partition coefficient (Wildman–Crippen LogP) is 1.72. The van der Waals surface area contributed by atoms with Crippen LogP contribution in [-0.2, 0) is 0 Å². The van der Waals surface area contributed by atoms with Crippen LogP contribution in [-0.4, -0.2) is 12.0 Å². The van der Waals surface area contributed by atoms with Crippen molar-refractivity contribution in [1.29, 1.82) is 0 Å². The summed E-state index contributed by atoms with van der Waals surface area (Å²) in [5.41, 5.74) is 5.76. The van der Waals surface area contributed by atoms with Crippen molar-refractivity contribution >= 4 is 5.96 Å². The minimum atomic E-state index is 0.0706. The summed E-state index contributed by atoms with van der Waals surface area (Å²) in [6.07, 6.45) is 2.33. The van der Waals surface area contributed by atoms with Gasteiger partial charge in [-0.15, -0.1) is 0 Å². The zero-order valence-electron chi connectivity index (χ0n) is 9.16. The smallest absolute Gasteiger partial charge is 0.189 e. The number of furan rings is 1. The number of nitrogens with zero attached hydrogens (tertiary/aromatic N) is 1. The Balaban J connectivity index is 1.93. The van der Waals surface area contributed by atoms with Crippen molar-refractivity contribution in [2.45, 2.75) is 38.8 Å². The second-order valence-electron chi connectivity index (χ2n) is 4.06. The number of rotatable bonds is 3. The number of nitrogens with one attached hydrogen (secondary N) is 1. The molecule has 3 N–H and O–H groups in total. The van der Waals surface area contributed by atoms with Crippen LogP contribution in [0.1, 0.15) is 37.3 Å². The maximum Gasteiger partial charge on any atom is 0.189 e. The monoisotopic (exact) mass is 207 g/mol. The van der Waals surface area contributed by atoms with Crippen LogP contribution in [0.2, 0.25) is 0 Å². The fourth-order valence-corrected chi connectivity index (χ4v) is 1.42. The first-order valence-electron chi connectivity index (χ1n) is 5.31. The van der Waals surface area contributed by atoms with E-state index in [2.05, 4.69) is 10.3 Å². The molecule has 0 aliphatic heterocycles. The molecule has 1 heterocycles. The maximum absolute atomic E-state index is 5.76. The third kappa shape index (κ3) is 2.75. The molecule has 15 heavy (non-hydrogen) atoms. The van der Waals surface area contributed by atoms with Gasteiger partial charge in [0.05, 0.1) is 12.1 Å². The average molecular weight is 207 g/mol. The molecule has 0 saturated heterocycles. The number of aryl methyl sites for hydroxylation is 1. The zero-order valence-corrected chi connectivity index (χ0v) is 9.16. The van der Waals surface area contributed by atoms with Gasteiger partial charge in [0.1, 0.15) is 11.5 Å². The molecular formula is C11H17N3O. The molecule has 1 fully saturated rings. The molecule has 2 rings (SSSR count). The van der Waals surface area contributed by atoms with Crippen molar-refractivity contribution in [3.8, 4) is 0 Å². The summed E-state index contributed by atoms with van der Waals surface area (Å²) in [6, 6.07) is 4.42. The highest BCUT2D eigenvalue weighted by atomic mass is 16.3. The highest BCUT2D eigenvalue weighted by Gasteiger charge is 2.21. The van der Waals surface area contributed by atoms with E-state index < -0.39 is 0 Å². The Kier molecular flexibility index (Phi) is 2.66. The van der Waals surface area contributed by atoms with E-state index in [0.29, 0.717) is 12.0 Å². The molecule has 1 unspecified atom stereocenters. The molecule has 1 aromatic heterocycles. The third-order valence-corrected chi connectivity index (χ3v) is 2.42. The molecule has 1 atom stereocenters. The van der Waals surface area contributed by atoms with Crippen LogP contribution >= 0.6 is 0 Å². The molecule has 4 heteroatoms. The fraction of sp³-hybridized carbons (Fsp3) is 0.545. The van der Waals surface area contributed by atoms with E-state index in [9.17, 15) is 0 Å². The molecule has 0 amide bonds. The van der Waals surface area contributed by atoms with Crippen molar-refractivity contribution < 1.29 is 4.42 Å². The summed E-state index contributed by atoms with van der Waals surface area (Å²) < 4.78 is 5.49. The highest BCUT2D eigenvalue weighted by Crippen LogP contribution is 2.23. The minimum Gasteiger partial charge on any atom is -0.464 e. The van der Waals surface area contributed by atoms with Crippen LogP contribution < -0.4 is 11.1 Å². The van der Waals surface area contributed by atoms with Crippen molar-refractivity contribution in [2.24, 2.45) is 10.7 Å². The average Bonchev–Trinajstić information content (AvgIpc) is 2.85. The second kappa shape index (κ2) is 3.96. The first-order chi connectivity index (χ1) is 7.15. The van der Waals surface area contributed by atoms with Crippen molar-refractivity contribution in [3.63, 3.8) is 0 Å². The second-order valence-corrected chi connectivity index (χ2v) is 4.06. The zero-order chi connectivity index (χ0) is 10.8. The Labute approximate surface area is 89.6 Å². The van der Waals surface area contributed by atoms with E-state index >= 15 is 0 Å². The Hall–Kier alpha value is -1.45. The number of guanidine groups is 1. The van der Waals surface area contributed by atoms with Crippen LogP contribution in [0, 0.1) is 6.92 Å². The van der Waals surface area contributed by atoms with E-state index in [1.165, 1.54) is 0 Å². The van der Waals surface area contributed by atoms with Crippen LogP contribution in [0.25, 0.3) is 0 Å². The van der Waals surface area contributed by atoms with Crippen molar-refractivity contribution in [3.05, 3.63) is 23.7 Å². The van der Waals surface area contributed by atoms with Crippen LogP contribution in [0.5, 0.6) is 0 Å². The van der Waals surface area contributed by atoms with Gasteiger partial charge in [-0.2, -0.15) is 0 Å². The van der Waals surface area contributed by atoms with Crippen LogP contribution in [0.15, 0.2) is 21.5 Å². The third-order valence-electron chi connectivity index (χ3n) is 2.42. The van der Waals surface area contributed by atoms with Gasteiger partial charge >= 0.3 is 0 Å². The normalized spacial score (nSPS) is 18.9. The first-order valence-corrected chi connectivity index (χ1v) is 5.31. The van der Waals surface area contributed by atoms with Gasteiger partial charge in [0.2, 0.25) is 0 Å². The van der Waals surface area contributed by atoms with E-state index in [-0.39, 0.29) is 6.04 Å². The number of aliphatic imine (C=N–C) groups is 1. The summed E-state index contributed by atoms with van der Waals surface area (Å²) in [5.74, 6) is 2.32. The summed E-state index contributed by atoms with van der Waals surface area (Å²) >= 11 is 0. The molecule has 0 aromatic carbocycles. The van der Waals surface area contributed by atoms with Crippen LogP contribution in [0.4, 0.5) is 0 Å². The topological polar surface area (TPSA) is 63.5 Å². The molecule has 0 radical (unpaired) electrons. The van der Waals surface area contributed by atoms with E-state index in [0.717, 1.165) is 24.4 Å². The molecule has 0 bridgehead atoms. The van der Waals surface area contributed by atoms with Gasteiger partial charge in [-0.1, -0.05) is 0 Å². The van der Waals surface area contributed by atoms with Gasteiger partial charge in [-0.05, 0) is 38.8 Å². The lowest BCUT2D eigenvalue weighted by Gasteiger charge is -2.11. The van der Waals surface area contributed by atoms with Crippen molar-refractivity contribution in [1.82, 2.24) is 5.32 Å². The van der Waals surface area contributed by atoms with E-state index in [1.807, 2.05) is 26.0 Å². The van der Waals surface area contributed by atoms with E-state index in [4.69, 9.17) is 10.2 Å². The Morgan fingerprint density at radius 3 is 2.87 bits per heavy atom. The predicted molar refractivity (Wildman–Crippen MR) is 59.6 cm³/mol. The number of hydrogen-bond acceptors (Lipinski definition) is 2. The summed E-state index contributed by atoms with van der Waals surface area (Å²) in [6.45, 7) is 3.94. The summed E-state index contributed by atoms with van der Waals surface area (Å²) in [5, 5.41) is 3.11. The van der Waals surface area contributed by atoms with Gasteiger partial charge in [0, 0.05) is 0 Å². The largest absolute Gasteiger partial charge is 0.464 e. The highest BCUT2D eigenvalue weighted by molar-refractivity contribution is 5.78. The molecule has 82 valence electrons. The molecule has 4 nitrogen and oxygen atoms in total. The SMILES string of the molecule is Cc1ccc(C(C)NC(N)=NC2CC2)o1. The Bertz CT molecular complexity index is 366. The maximum atomic E-state index is 5.76. The van der Waals surface area contributed by atoms with Crippen molar-refractivity contribution in [2.75, 3.05) is 0 Å². The summed E-state index contributed by atoms with van der Waals surface area (Å²) in [7, 11) is 0. The number of hydrogen-bond donors (Lipinski definition) is 2. The first kappa shape index (κ1) is 10.1. The van der Waals surface area contributed by atoms with Gasteiger partial charge in [-0.25, -0.2) is 0 Å². The quantitative estimate of drug-likeness (QED) is 0.586. The Morgan fingerprint density at radius 2 is 2.33 bits per heavy atom. The fourth-order valence-electron chi connectivity index (χ4n) is 1.42. The molecule has 1 aliphatic carbocycles. The lowest BCUT2D eigenvalue weighted by molar-refractivity contribution is 0.442. The molecule has 1 aromatic rings. The molecule has 1 saturated carbocycles. The summed E-state index contributed by atoms with van der Waals surface area (Å²) in [4.78, 5) is 4.30. The number of nitrogens with two attached hydrogens (primary N) is 1. The van der Waals surface area contributed by atoms with Gasteiger partial charge in [-0.3, -0.25) is 4.99 Å². The molecule has 0 spiro atoms.